The van der Waals surface area contributed by atoms with Gasteiger partial charge in [0, 0.05) is 42.5 Å². The first kappa shape index (κ1) is 13.2. The number of hydrogen-bond acceptors (Lipinski definition) is 5. The SMILES string of the molecule is CC(C)NCc1cnc(N(C)C2CCSC2)s1. The summed E-state index contributed by atoms with van der Waals surface area (Å²) in [6, 6.07) is 1.21. The second-order valence-corrected chi connectivity index (χ2v) is 7.02. The lowest BCUT2D eigenvalue weighted by Crippen LogP contribution is -2.31. The van der Waals surface area contributed by atoms with E-state index in [0.717, 1.165) is 11.7 Å². The van der Waals surface area contributed by atoms with Crippen molar-refractivity contribution in [2.75, 3.05) is 23.5 Å². The normalized spacial score (nSPS) is 20.1. The second-order valence-electron chi connectivity index (χ2n) is 4.77. The fraction of sp³-hybridized carbons (Fsp3) is 0.750. The van der Waals surface area contributed by atoms with Crippen molar-refractivity contribution >= 4 is 28.2 Å². The Hall–Kier alpha value is -0.260. The van der Waals surface area contributed by atoms with Gasteiger partial charge in [-0.25, -0.2) is 4.98 Å². The minimum Gasteiger partial charge on any atom is -0.347 e. The largest absolute Gasteiger partial charge is 0.347 e. The lowest BCUT2D eigenvalue weighted by Gasteiger charge is -2.22. The highest BCUT2D eigenvalue weighted by molar-refractivity contribution is 7.99. The zero-order valence-electron chi connectivity index (χ0n) is 10.8. The van der Waals surface area contributed by atoms with Crippen LogP contribution in [0.15, 0.2) is 6.20 Å². The zero-order valence-corrected chi connectivity index (χ0v) is 12.4. The van der Waals surface area contributed by atoms with Gasteiger partial charge in [-0.05, 0) is 12.2 Å². The van der Waals surface area contributed by atoms with Gasteiger partial charge in [-0.3, -0.25) is 0 Å². The summed E-state index contributed by atoms with van der Waals surface area (Å²) in [5.74, 6) is 2.54. The highest BCUT2D eigenvalue weighted by atomic mass is 32.2. The number of rotatable bonds is 5. The molecule has 0 saturated carbocycles. The van der Waals surface area contributed by atoms with E-state index in [0.29, 0.717) is 12.1 Å². The van der Waals surface area contributed by atoms with Crippen molar-refractivity contribution in [2.24, 2.45) is 0 Å². The molecule has 0 aromatic carbocycles. The van der Waals surface area contributed by atoms with Gasteiger partial charge in [0.25, 0.3) is 0 Å². The molecule has 0 radical (unpaired) electrons. The molecule has 0 spiro atoms. The van der Waals surface area contributed by atoms with Crippen molar-refractivity contribution < 1.29 is 0 Å². The number of nitrogens with one attached hydrogen (secondary N) is 1. The second kappa shape index (κ2) is 6.07. The minimum absolute atomic E-state index is 0.532. The quantitative estimate of drug-likeness (QED) is 0.891. The van der Waals surface area contributed by atoms with E-state index in [2.05, 4.69) is 36.1 Å². The number of hydrogen-bond donors (Lipinski definition) is 1. The number of nitrogens with zero attached hydrogens (tertiary/aromatic N) is 2. The van der Waals surface area contributed by atoms with E-state index in [-0.39, 0.29) is 0 Å². The summed E-state index contributed by atoms with van der Waals surface area (Å²) >= 11 is 3.86. The Bertz CT molecular complexity index is 345. The average Bonchev–Trinajstić information content (AvgIpc) is 2.97. The summed E-state index contributed by atoms with van der Waals surface area (Å²) in [7, 11) is 2.18. The van der Waals surface area contributed by atoms with E-state index >= 15 is 0 Å². The van der Waals surface area contributed by atoms with Gasteiger partial charge in [-0.2, -0.15) is 11.8 Å². The predicted octanol–water partition coefficient (Wildman–Crippen LogP) is 2.58. The van der Waals surface area contributed by atoms with Crippen LogP contribution >= 0.6 is 23.1 Å². The van der Waals surface area contributed by atoms with Crippen LogP contribution in [0, 0.1) is 0 Å². The van der Waals surface area contributed by atoms with Crippen molar-refractivity contribution in [3.05, 3.63) is 11.1 Å². The van der Waals surface area contributed by atoms with E-state index in [1.165, 1.54) is 22.8 Å². The first-order valence-corrected chi connectivity index (χ1v) is 8.12. The molecule has 3 nitrogen and oxygen atoms in total. The first-order chi connectivity index (χ1) is 8.16. The van der Waals surface area contributed by atoms with Crippen molar-refractivity contribution in [1.29, 1.82) is 0 Å². The highest BCUT2D eigenvalue weighted by Crippen LogP contribution is 2.28. The number of thioether (sulfide) groups is 1. The Morgan fingerprint density at radius 2 is 2.41 bits per heavy atom. The third-order valence-corrected chi connectivity index (χ3v) is 5.21. The van der Waals surface area contributed by atoms with Gasteiger partial charge in [0.1, 0.15) is 0 Å². The van der Waals surface area contributed by atoms with Crippen molar-refractivity contribution in [3.63, 3.8) is 0 Å². The maximum absolute atomic E-state index is 4.53. The number of thiazole rings is 1. The van der Waals surface area contributed by atoms with Gasteiger partial charge in [-0.1, -0.05) is 13.8 Å². The smallest absolute Gasteiger partial charge is 0.185 e. The summed E-state index contributed by atoms with van der Waals surface area (Å²) in [5, 5.41) is 4.60. The van der Waals surface area contributed by atoms with Gasteiger partial charge in [0.05, 0.1) is 0 Å². The molecule has 1 fully saturated rings. The topological polar surface area (TPSA) is 28.2 Å². The van der Waals surface area contributed by atoms with Crippen LogP contribution < -0.4 is 10.2 Å². The molecule has 1 aliphatic rings. The summed E-state index contributed by atoms with van der Waals surface area (Å²) in [6.07, 6.45) is 3.30. The van der Waals surface area contributed by atoms with Crippen molar-refractivity contribution in [1.82, 2.24) is 10.3 Å². The molecule has 96 valence electrons. The molecular weight excluding hydrogens is 250 g/mol. The van der Waals surface area contributed by atoms with Gasteiger partial charge in [-0.15, -0.1) is 11.3 Å². The van der Waals surface area contributed by atoms with Crippen molar-refractivity contribution in [3.8, 4) is 0 Å². The molecule has 1 atom stereocenters. The van der Waals surface area contributed by atoms with Crippen LogP contribution in [0.5, 0.6) is 0 Å². The summed E-state index contributed by atoms with van der Waals surface area (Å²) in [6.45, 7) is 5.27. The standard InChI is InChI=1S/C12H21N3S2/c1-9(2)13-6-11-7-14-12(17-11)15(3)10-4-5-16-8-10/h7,9-10,13H,4-6,8H2,1-3H3. The van der Waals surface area contributed by atoms with Gasteiger partial charge < -0.3 is 10.2 Å². The third kappa shape index (κ3) is 3.60. The van der Waals surface area contributed by atoms with E-state index in [4.69, 9.17) is 0 Å². The predicted molar refractivity (Wildman–Crippen MR) is 78.2 cm³/mol. The molecular formula is C12H21N3S2. The maximum atomic E-state index is 4.53. The molecule has 5 heteroatoms. The van der Waals surface area contributed by atoms with Gasteiger partial charge in [0.15, 0.2) is 5.13 Å². The molecule has 1 aromatic rings. The Morgan fingerprint density at radius 3 is 3.06 bits per heavy atom. The molecule has 0 amide bonds. The number of aromatic nitrogens is 1. The molecule has 1 aliphatic heterocycles. The number of anilines is 1. The van der Waals surface area contributed by atoms with Crippen LogP contribution in [-0.4, -0.2) is 35.6 Å². The average molecular weight is 271 g/mol. The fourth-order valence-electron chi connectivity index (χ4n) is 1.83. The Balaban J connectivity index is 1.92. The molecule has 1 saturated heterocycles. The highest BCUT2D eigenvalue weighted by Gasteiger charge is 2.22. The van der Waals surface area contributed by atoms with Crippen LogP contribution in [0.25, 0.3) is 0 Å². The lowest BCUT2D eigenvalue weighted by atomic mass is 10.2. The van der Waals surface area contributed by atoms with E-state index < -0.39 is 0 Å². The molecule has 1 N–H and O–H groups in total. The van der Waals surface area contributed by atoms with Crippen LogP contribution in [0.4, 0.5) is 5.13 Å². The van der Waals surface area contributed by atoms with Crippen molar-refractivity contribution in [2.45, 2.75) is 38.9 Å². The molecule has 2 heterocycles. The Kier molecular flexibility index (Phi) is 4.70. The monoisotopic (exact) mass is 271 g/mol. The lowest BCUT2D eigenvalue weighted by molar-refractivity contribution is 0.593. The molecule has 0 bridgehead atoms. The van der Waals surface area contributed by atoms with Crippen LogP contribution in [0.1, 0.15) is 25.1 Å². The van der Waals surface area contributed by atoms with E-state index in [9.17, 15) is 0 Å². The van der Waals surface area contributed by atoms with E-state index in [1.54, 1.807) is 0 Å². The zero-order chi connectivity index (χ0) is 12.3. The first-order valence-electron chi connectivity index (χ1n) is 6.15. The molecule has 1 aromatic heterocycles. The Labute approximate surface area is 112 Å². The third-order valence-electron chi connectivity index (χ3n) is 2.98. The fourth-order valence-corrected chi connectivity index (χ4v) is 3.99. The molecule has 2 rings (SSSR count). The maximum Gasteiger partial charge on any atom is 0.185 e. The summed E-state index contributed by atoms with van der Waals surface area (Å²) in [5.41, 5.74) is 0. The van der Waals surface area contributed by atoms with Crippen LogP contribution in [0.2, 0.25) is 0 Å². The minimum atomic E-state index is 0.532. The van der Waals surface area contributed by atoms with Crippen LogP contribution in [0.3, 0.4) is 0 Å². The van der Waals surface area contributed by atoms with Gasteiger partial charge >= 0.3 is 0 Å². The summed E-state index contributed by atoms with van der Waals surface area (Å²) in [4.78, 5) is 8.21. The summed E-state index contributed by atoms with van der Waals surface area (Å²) < 4.78 is 0. The Morgan fingerprint density at radius 1 is 1.59 bits per heavy atom. The molecule has 1 unspecified atom stereocenters. The van der Waals surface area contributed by atoms with E-state index in [1.807, 2.05) is 29.3 Å². The van der Waals surface area contributed by atoms with Crippen LogP contribution in [-0.2, 0) is 6.54 Å². The molecule has 17 heavy (non-hydrogen) atoms. The van der Waals surface area contributed by atoms with Gasteiger partial charge in [0.2, 0.25) is 0 Å². The molecule has 0 aliphatic carbocycles.